The van der Waals surface area contributed by atoms with E-state index in [4.69, 9.17) is 5.73 Å². The van der Waals surface area contributed by atoms with Crippen LogP contribution < -0.4 is 5.73 Å². The van der Waals surface area contributed by atoms with Crippen LogP contribution in [0.1, 0.15) is 33.1 Å². The summed E-state index contributed by atoms with van der Waals surface area (Å²) in [5, 5.41) is 0. The van der Waals surface area contributed by atoms with Gasteiger partial charge >= 0.3 is 0 Å². The minimum atomic E-state index is -0.559. The third-order valence-electron chi connectivity index (χ3n) is 2.75. The van der Waals surface area contributed by atoms with E-state index in [0.29, 0.717) is 24.9 Å². The molecule has 0 atom stereocenters. The van der Waals surface area contributed by atoms with Crippen molar-refractivity contribution in [1.29, 1.82) is 0 Å². The third-order valence-corrected chi connectivity index (χ3v) is 2.75. The van der Waals surface area contributed by atoms with E-state index in [1.165, 1.54) is 0 Å². The lowest BCUT2D eigenvalue weighted by Crippen LogP contribution is -2.39. The number of likely N-dealkylation sites (tertiary alicyclic amines) is 1. The van der Waals surface area contributed by atoms with Crippen LogP contribution in [0.5, 0.6) is 0 Å². The fourth-order valence-corrected chi connectivity index (χ4v) is 1.82. The first kappa shape index (κ1) is 13.6. The molecule has 0 aromatic rings. The Morgan fingerprint density at radius 3 is 2.41 bits per heavy atom. The van der Waals surface area contributed by atoms with Gasteiger partial charge < -0.3 is 10.6 Å². The number of nitrogens with two attached hydrogens (primary N) is 1. The van der Waals surface area contributed by atoms with Crippen LogP contribution in [-0.2, 0) is 9.59 Å². The van der Waals surface area contributed by atoms with E-state index in [-0.39, 0.29) is 12.3 Å². The predicted molar refractivity (Wildman–Crippen MR) is 65.7 cm³/mol. The van der Waals surface area contributed by atoms with E-state index in [1.54, 1.807) is 4.90 Å². The molecule has 0 aromatic carbocycles. The van der Waals surface area contributed by atoms with E-state index in [2.05, 4.69) is 25.7 Å². The summed E-state index contributed by atoms with van der Waals surface area (Å²) in [4.78, 5) is 23.9. The smallest absolute Gasteiger partial charge is 0.231 e. The van der Waals surface area contributed by atoms with Crippen molar-refractivity contribution >= 4 is 11.8 Å². The number of rotatable bonds is 2. The molecule has 0 saturated carbocycles. The molecule has 4 nitrogen and oxygen atoms in total. The highest BCUT2D eigenvalue weighted by Gasteiger charge is 2.22. The molecule has 0 spiro atoms. The van der Waals surface area contributed by atoms with Gasteiger partial charge in [-0.1, -0.05) is 19.8 Å². The maximum atomic E-state index is 11.6. The molecule has 2 amide bonds. The number of amides is 2. The van der Waals surface area contributed by atoms with Gasteiger partial charge in [-0.15, -0.1) is 5.92 Å². The average molecular weight is 236 g/mol. The van der Waals surface area contributed by atoms with Gasteiger partial charge in [-0.2, -0.15) is 0 Å². The molecule has 1 heterocycles. The standard InChI is InChI=1S/C13H20N2O2/c1-10(2)3-4-11-5-7-15(8-6-11)13(17)9-12(14)16/h10-11H,5-9H2,1-2H3,(H2,14,16). The number of carbonyl (C=O) groups excluding carboxylic acids is 2. The molecule has 94 valence electrons. The molecule has 0 aromatic heterocycles. The van der Waals surface area contributed by atoms with Gasteiger partial charge in [-0.05, 0) is 12.8 Å². The van der Waals surface area contributed by atoms with Crippen LogP contribution in [0.3, 0.4) is 0 Å². The van der Waals surface area contributed by atoms with E-state index >= 15 is 0 Å². The Balaban J connectivity index is 2.38. The van der Waals surface area contributed by atoms with Gasteiger partial charge in [0, 0.05) is 24.9 Å². The zero-order chi connectivity index (χ0) is 12.8. The summed E-state index contributed by atoms with van der Waals surface area (Å²) in [6.07, 6.45) is 1.61. The molecule has 1 saturated heterocycles. The summed E-state index contributed by atoms with van der Waals surface area (Å²) in [6.45, 7) is 5.50. The van der Waals surface area contributed by atoms with Crippen molar-refractivity contribution in [2.45, 2.75) is 33.1 Å². The molecule has 0 unspecified atom stereocenters. The minimum Gasteiger partial charge on any atom is -0.369 e. The third kappa shape index (κ3) is 4.90. The summed E-state index contributed by atoms with van der Waals surface area (Å²) < 4.78 is 0. The number of carbonyl (C=O) groups is 2. The second-order valence-corrected chi connectivity index (χ2v) is 4.74. The van der Waals surface area contributed by atoms with Crippen LogP contribution in [0.25, 0.3) is 0 Å². The maximum absolute atomic E-state index is 11.6. The second kappa shape index (κ2) is 6.29. The van der Waals surface area contributed by atoms with Crippen molar-refractivity contribution < 1.29 is 9.59 Å². The molecule has 1 fully saturated rings. The summed E-state index contributed by atoms with van der Waals surface area (Å²) in [5.74, 6) is 6.46. The molecule has 0 radical (unpaired) electrons. The maximum Gasteiger partial charge on any atom is 0.231 e. The fraction of sp³-hybridized carbons (Fsp3) is 0.692. The zero-order valence-corrected chi connectivity index (χ0v) is 10.5. The molecule has 1 aliphatic heterocycles. The summed E-state index contributed by atoms with van der Waals surface area (Å²) in [7, 11) is 0. The van der Waals surface area contributed by atoms with Crippen molar-refractivity contribution in [3.63, 3.8) is 0 Å². The number of piperidine rings is 1. The van der Waals surface area contributed by atoms with Gasteiger partial charge in [0.25, 0.3) is 0 Å². The molecule has 2 N–H and O–H groups in total. The van der Waals surface area contributed by atoms with Gasteiger partial charge in [-0.3, -0.25) is 9.59 Å². The van der Waals surface area contributed by atoms with Gasteiger partial charge in [-0.25, -0.2) is 0 Å². The Hall–Kier alpha value is -1.50. The van der Waals surface area contributed by atoms with Crippen LogP contribution in [0.4, 0.5) is 0 Å². The van der Waals surface area contributed by atoms with Crippen molar-refractivity contribution in [3.8, 4) is 11.8 Å². The lowest BCUT2D eigenvalue weighted by Gasteiger charge is -2.29. The lowest BCUT2D eigenvalue weighted by molar-refractivity contribution is -0.136. The second-order valence-electron chi connectivity index (χ2n) is 4.74. The van der Waals surface area contributed by atoms with Crippen LogP contribution in [0.2, 0.25) is 0 Å². The molecule has 4 heteroatoms. The first-order chi connectivity index (χ1) is 7.99. The van der Waals surface area contributed by atoms with Crippen LogP contribution >= 0.6 is 0 Å². The van der Waals surface area contributed by atoms with Crippen molar-refractivity contribution in [2.24, 2.45) is 17.6 Å². The van der Waals surface area contributed by atoms with E-state index in [9.17, 15) is 9.59 Å². The Labute approximate surface area is 103 Å². The molecule has 1 rings (SSSR count). The quantitative estimate of drug-likeness (QED) is 0.568. The molecule has 0 bridgehead atoms. The molecular weight excluding hydrogens is 216 g/mol. The minimum absolute atomic E-state index is 0.159. The highest BCUT2D eigenvalue weighted by atomic mass is 16.2. The molecule has 17 heavy (non-hydrogen) atoms. The van der Waals surface area contributed by atoms with Gasteiger partial charge in [0.05, 0.1) is 0 Å². The average Bonchev–Trinajstić information content (AvgIpc) is 2.26. The van der Waals surface area contributed by atoms with E-state index in [0.717, 1.165) is 12.8 Å². The Morgan fingerprint density at radius 1 is 1.35 bits per heavy atom. The van der Waals surface area contributed by atoms with Gasteiger partial charge in [0.1, 0.15) is 6.42 Å². The topological polar surface area (TPSA) is 63.4 Å². The number of primary amides is 1. The van der Waals surface area contributed by atoms with Crippen LogP contribution in [0.15, 0.2) is 0 Å². The fourth-order valence-electron chi connectivity index (χ4n) is 1.82. The Bertz CT molecular complexity index is 344. The van der Waals surface area contributed by atoms with Crippen molar-refractivity contribution in [2.75, 3.05) is 13.1 Å². The van der Waals surface area contributed by atoms with Gasteiger partial charge in [0.2, 0.25) is 11.8 Å². The van der Waals surface area contributed by atoms with E-state index < -0.39 is 5.91 Å². The highest BCUT2D eigenvalue weighted by molar-refractivity contribution is 5.96. The van der Waals surface area contributed by atoms with Gasteiger partial charge in [0.15, 0.2) is 0 Å². The largest absolute Gasteiger partial charge is 0.369 e. The first-order valence-corrected chi connectivity index (χ1v) is 6.06. The Morgan fingerprint density at radius 2 is 1.94 bits per heavy atom. The summed E-state index contributed by atoms with van der Waals surface area (Å²) in [5.41, 5.74) is 5.00. The zero-order valence-electron chi connectivity index (χ0n) is 10.5. The predicted octanol–water partition coefficient (Wildman–Crippen LogP) is 0.760. The summed E-state index contributed by atoms with van der Waals surface area (Å²) >= 11 is 0. The lowest BCUT2D eigenvalue weighted by atomic mass is 9.96. The molecule has 0 aliphatic carbocycles. The molecular formula is C13H20N2O2. The monoisotopic (exact) mass is 236 g/mol. The Kier molecular flexibility index (Phi) is 5.02. The van der Waals surface area contributed by atoms with Crippen molar-refractivity contribution in [3.05, 3.63) is 0 Å². The summed E-state index contributed by atoms with van der Waals surface area (Å²) in [6, 6.07) is 0. The first-order valence-electron chi connectivity index (χ1n) is 6.06. The number of hydrogen-bond donors (Lipinski definition) is 1. The van der Waals surface area contributed by atoms with Crippen molar-refractivity contribution in [1.82, 2.24) is 4.90 Å². The number of hydrogen-bond acceptors (Lipinski definition) is 2. The highest BCUT2D eigenvalue weighted by Crippen LogP contribution is 2.17. The van der Waals surface area contributed by atoms with Crippen LogP contribution in [-0.4, -0.2) is 29.8 Å². The number of nitrogens with zero attached hydrogens (tertiary/aromatic N) is 1. The normalized spacial score (nSPS) is 16.5. The van der Waals surface area contributed by atoms with Crippen LogP contribution in [0, 0.1) is 23.7 Å². The SMILES string of the molecule is CC(C)C#CC1CCN(C(=O)CC(N)=O)CC1. The van der Waals surface area contributed by atoms with E-state index in [1.807, 2.05) is 0 Å². The molecule has 1 aliphatic rings.